The van der Waals surface area contributed by atoms with Crippen molar-refractivity contribution in [2.45, 2.75) is 6.42 Å². The minimum absolute atomic E-state index is 0. The zero-order valence-corrected chi connectivity index (χ0v) is 8.82. The van der Waals surface area contributed by atoms with Crippen LogP contribution < -0.4 is 10.2 Å². The molecule has 15 heavy (non-hydrogen) atoms. The van der Waals surface area contributed by atoms with Gasteiger partial charge in [-0.1, -0.05) is 17.6 Å². The Morgan fingerprint density at radius 1 is 1.20 bits per heavy atom. The first-order chi connectivity index (χ1) is 6.33. The van der Waals surface area contributed by atoms with Crippen LogP contribution in [0.4, 0.5) is 0 Å². The van der Waals surface area contributed by atoms with Gasteiger partial charge in [-0.15, -0.1) is 0 Å². The molecule has 1 rings (SSSR count). The van der Waals surface area contributed by atoms with Crippen LogP contribution in [0.1, 0.15) is 6.42 Å². The fraction of sp³-hybridized carbons (Fsp3) is 0.400. The largest absolute Gasteiger partial charge is 0.494 e. The first kappa shape index (κ1) is 16.4. The molecule has 0 saturated carbocycles. The predicted octanol–water partition coefficient (Wildman–Crippen LogP) is -0.754. The summed E-state index contributed by atoms with van der Waals surface area (Å²) in [7, 11) is 7.27. The molecule has 84 valence electrons. The number of hydrogen-bond donors (Lipinski definition) is 0. The average molecular weight is 212 g/mol. The second kappa shape index (κ2) is 9.52. The van der Waals surface area contributed by atoms with Crippen LogP contribution in [0.25, 0.3) is 0 Å². The van der Waals surface area contributed by atoms with Crippen LogP contribution in [0.5, 0.6) is 5.75 Å². The maximum absolute atomic E-state index is 5.58. The van der Waals surface area contributed by atoms with Crippen molar-refractivity contribution in [1.82, 2.24) is 0 Å². The number of ether oxygens (including phenoxy) is 2. The molecule has 0 bridgehead atoms. The molecule has 0 saturated heterocycles. The third-order valence-corrected chi connectivity index (χ3v) is 1.62. The second-order valence-corrected chi connectivity index (χ2v) is 2.77. The maximum Gasteiger partial charge on any atom is 0.118 e. The molecule has 0 heterocycles. The Bertz CT molecular complexity index is 255. The summed E-state index contributed by atoms with van der Waals surface area (Å²) in [6.45, 7) is 1.39. The van der Waals surface area contributed by atoms with Crippen LogP contribution >= 0.6 is 0 Å². The van der Waals surface area contributed by atoms with Crippen molar-refractivity contribution < 1.29 is 20.4 Å². The molecule has 5 heteroatoms. The van der Waals surface area contributed by atoms with Crippen LogP contribution in [-0.4, -0.2) is 39.1 Å². The van der Waals surface area contributed by atoms with E-state index >= 15 is 0 Å². The lowest BCUT2D eigenvalue weighted by Gasteiger charge is -2.05. The third kappa shape index (κ3) is 6.96. The summed E-state index contributed by atoms with van der Waals surface area (Å²) in [5.74, 6) is 0.816. The summed E-state index contributed by atoms with van der Waals surface area (Å²) in [5.41, 5.74) is 0.726. The Balaban J connectivity index is 0. The van der Waals surface area contributed by atoms with E-state index in [0.717, 1.165) is 24.2 Å². The smallest absolute Gasteiger partial charge is 0.118 e. The highest BCUT2D eigenvalue weighted by molar-refractivity contribution is 6.32. The summed E-state index contributed by atoms with van der Waals surface area (Å²) in [6.07, 6.45) is 0.894. The molecular formula is C10H17BO4. The molecule has 1 aromatic carbocycles. The standard InChI is InChI=1S/C10H13BO2.2H2O/c1-12-6-3-7-13-10-5-2-4-9(11)8-10;;/h2,4-5,8H,3,6-7H2,1H3;2*1H2. The lowest BCUT2D eigenvalue weighted by molar-refractivity contribution is 0.172. The fourth-order valence-corrected chi connectivity index (χ4v) is 0.998. The summed E-state index contributed by atoms with van der Waals surface area (Å²) in [6, 6.07) is 7.42. The van der Waals surface area contributed by atoms with Gasteiger partial charge in [0.05, 0.1) is 6.61 Å². The van der Waals surface area contributed by atoms with Crippen molar-refractivity contribution in [3.05, 3.63) is 24.3 Å². The van der Waals surface area contributed by atoms with Gasteiger partial charge in [0.2, 0.25) is 0 Å². The summed E-state index contributed by atoms with van der Waals surface area (Å²) >= 11 is 0. The number of methoxy groups -OCH3 is 1. The van der Waals surface area contributed by atoms with Gasteiger partial charge in [-0.25, -0.2) is 0 Å². The van der Waals surface area contributed by atoms with Gasteiger partial charge >= 0.3 is 0 Å². The Labute approximate surface area is 91.2 Å². The van der Waals surface area contributed by atoms with E-state index in [0.29, 0.717) is 6.61 Å². The minimum Gasteiger partial charge on any atom is -0.494 e. The van der Waals surface area contributed by atoms with Crippen LogP contribution in [-0.2, 0) is 4.74 Å². The van der Waals surface area contributed by atoms with E-state index < -0.39 is 0 Å². The molecule has 0 aliphatic carbocycles. The average Bonchev–Trinajstić information content (AvgIpc) is 2.13. The summed E-state index contributed by atoms with van der Waals surface area (Å²) in [5, 5.41) is 0. The fourth-order valence-electron chi connectivity index (χ4n) is 0.998. The second-order valence-electron chi connectivity index (χ2n) is 2.77. The molecule has 1 aromatic rings. The molecule has 0 unspecified atom stereocenters. The summed E-state index contributed by atoms with van der Waals surface area (Å²) < 4.78 is 10.3. The molecule has 2 radical (unpaired) electrons. The van der Waals surface area contributed by atoms with E-state index in [2.05, 4.69) is 0 Å². The highest BCUT2D eigenvalue weighted by Gasteiger charge is 1.92. The van der Waals surface area contributed by atoms with Crippen molar-refractivity contribution in [3.63, 3.8) is 0 Å². The quantitative estimate of drug-likeness (QED) is 0.475. The highest BCUT2D eigenvalue weighted by atomic mass is 16.5. The van der Waals surface area contributed by atoms with Gasteiger partial charge in [0.1, 0.15) is 13.6 Å². The molecule has 0 aliphatic rings. The molecule has 4 N–H and O–H groups in total. The van der Waals surface area contributed by atoms with Gasteiger partial charge in [-0.2, -0.15) is 0 Å². The monoisotopic (exact) mass is 212 g/mol. The lowest BCUT2D eigenvalue weighted by Crippen LogP contribution is -2.05. The van der Waals surface area contributed by atoms with Gasteiger partial charge in [-0.3, -0.25) is 0 Å². The van der Waals surface area contributed by atoms with Gasteiger partial charge in [-0.05, 0) is 12.1 Å². The van der Waals surface area contributed by atoms with Gasteiger partial charge in [0, 0.05) is 20.1 Å². The Hall–Kier alpha value is -1.04. The third-order valence-electron chi connectivity index (χ3n) is 1.62. The zero-order valence-electron chi connectivity index (χ0n) is 8.82. The SMILES string of the molecule is O.O.[B]c1cccc(OCCCOC)c1. The molecule has 0 spiro atoms. The van der Waals surface area contributed by atoms with Crippen molar-refractivity contribution >= 4 is 13.3 Å². The summed E-state index contributed by atoms with van der Waals surface area (Å²) in [4.78, 5) is 0. The normalized spacial score (nSPS) is 8.60. The van der Waals surface area contributed by atoms with E-state index in [-0.39, 0.29) is 11.0 Å². The molecule has 0 fully saturated rings. The first-order valence-corrected chi connectivity index (χ1v) is 4.30. The van der Waals surface area contributed by atoms with E-state index in [1.165, 1.54) is 0 Å². The van der Waals surface area contributed by atoms with Crippen molar-refractivity contribution in [3.8, 4) is 5.75 Å². The van der Waals surface area contributed by atoms with E-state index in [9.17, 15) is 0 Å². The van der Waals surface area contributed by atoms with Crippen molar-refractivity contribution in [1.29, 1.82) is 0 Å². The number of hydrogen-bond acceptors (Lipinski definition) is 2. The molecule has 0 amide bonds. The first-order valence-electron chi connectivity index (χ1n) is 4.30. The zero-order chi connectivity index (χ0) is 9.52. The highest BCUT2D eigenvalue weighted by Crippen LogP contribution is 2.06. The molecule has 4 nitrogen and oxygen atoms in total. The van der Waals surface area contributed by atoms with Crippen LogP contribution in [0.15, 0.2) is 24.3 Å². The topological polar surface area (TPSA) is 81.5 Å². The Morgan fingerprint density at radius 2 is 1.93 bits per heavy atom. The van der Waals surface area contributed by atoms with E-state index in [4.69, 9.17) is 17.3 Å². The lowest BCUT2D eigenvalue weighted by atomic mass is 9.96. The van der Waals surface area contributed by atoms with E-state index in [1.807, 2.05) is 24.3 Å². The minimum atomic E-state index is 0. The Morgan fingerprint density at radius 3 is 2.53 bits per heavy atom. The molecule has 0 aromatic heterocycles. The van der Waals surface area contributed by atoms with Crippen LogP contribution in [0, 0.1) is 0 Å². The predicted molar refractivity (Wildman–Crippen MR) is 61.0 cm³/mol. The number of benzene rings is 1. The van der Waals surface area contributed by atoms with Gasteiger partial charge in [0.25, 0.3) is 0 Å². The van der Waals surface area contributed by atoms with E-state index in [1.54, 1.807) is 7.11 Å². The molecular weight excluding hydrogens is 195 g/mol. The van der Waals surface area contributed by atoms with Gasteiger partial charge < -0.3 is 20.4 Å². The Kier molecular flexibility index (Phi) is 10.4. The van der Waals surface area contributed by atoms with Crippen LogP contribution in [0.3, 0.4) is 0 Å². The molecule has 0 aliphatic heterocycles. The van der Waals surface area contributed by atoms with Crippen molar-refractivity contribution in [2.75, 3.05) is 20.3 Å². The maximum atomic E-state index is 5.58. The number of rotatable bonds is 5. The van der Waals surface area contributed by atoms with Gasteiger partial charge in [0.15, 0.2) is 0 Å². The molecule has 0 atom stereocenters. The van der Waals surface area contributed by atoms with Crippen molar-refractivity contribution in [2.24, 2.45) is 0 Å². The van der Waals surface area contributed by atoms with Crippen LogP contribution in [0.2, 0.25) is 0 Å².